The van der Waals surface area contributed by atoms with E-state index >= 15 is 0 Å². The van der Waals surface area contributed by atoms with E-state index < -0.39 is 0 Å². The van der Waals surface area contributed by atoms with Crippen molar-refractivity contribution in [3.63, 3.8) is 0 Å². The Labute approximate surface area is 168 Å². The van der Waals surface area contributed by atoms with Gasteiger partial charge in [0.05, 0.1) is 11.4 Å². The van der Waals surface area contributed by atoms with Crippen LogP contribution in [0.4, 0.5) is 5.69 Å². The molecule has 1 amide bonds. The summed E-state index contributed by atoms with van der Waals surface area (Å²) in [5.74, 6) is 0.518. The third-order valence-corrected chi connectivity index (χ3v) is 6.04. The highest BCUT2D eigenvalue weighted by molar-refractivity contribution is 6.30. The average molecular weight is 394 g/mol. The lowest BCUT2D eigenvalue weighted by Crippen LogP contribution is -2.33. The first kappa shape index (κ1) is 17.4. The van der Waals surface area contributed by atoms with Gasteiger partial charge in [0.15, 0.2) is 0 Å². The molecule has 1 atom stereocenters. The van der Waals surface area contributed by atoms with Gasteiger partial charge in [0, 0.05) is 41.5 Å². The number of nitrogens with zero attached hydrogens (tertiary/aromatic N) is 3. The second-order valence-electron chi connectivity index (χ2n) is 7.84. The number of rotatable bonds is 3. The van der Waals surface area contributed by atoms with E-state index in [9.17, 15) is 9.59 Å². The van der Waals surface area contributed by atoms with Gasteiger partial charge < -0.3 is 4.57 Å². The van der Waals surface area contributed by atoms with Gasteiger partial charge in [-0.2, -0.15) is 0 Å². The van der Waals surface area contributed by atoms with Crippen molar-refractivity contribution in [1.82, 2.24) is 4.57 Å². The highest BCUT2D eigenvalue weighted by Gasteiger charge is 2.46. The van der Waals surface area contributed by atoms with Crippen molar-refractivity contribution < 1.29 is 4.79 Å². The van der Waals surface area contributed by atoms with Crippen LogP contribution in [0.15, 0.2) is 57.6 Å². The molecule has 3 aliphatic rings. The minimum atomic E-state index is -0.298. The second-order valence-corrected chi connectivity index (χ2v) is 8.28. The van der Waals surface area contributed by atoms with Crippen LogP contribution in [-0.4, -0.2) is 16.2 Å². The number of hydrogen-bond acceptors (Lipinski definition) is 3. The summed E-state index contributed by atoms with van der Waals surface area (Å²) < 4.78 is 1.53. The molecule has 6 heteroatoms. The Hall–Kier alpha value is -2.66. The number of aryl methyl sites for hydroxylation is 2. The Bertz CT molecular complexity index is 1100. The number of carbonyl (C=O) groups is 1. The third-order valence-electron chi connectivity index (χ3n) is 5.79. The second kappa shape index (κ2) is 6.17. The molecule has 28 heavy (non-hydrogen) atoms. The average Bonchev–Trinajstić information content (AvgIpc) is 3.37. The lowest BCUT2D eigenvalue weighted by atomic mass is 10.0. The summed E-state index contributed by atoms with van der Waals surface area (Å²) in [4.78, 5) is 32.2. The number of aromatic nitrogens is 1. The number of benzene rings is 1. The zero-order valence-electron chi connectivity index (χ0n) is 15.8. The monoisotopic (exact) mass is 393 g/mol. The molecule has 0 saturated heterocycles. The summed E-state index contributed by atoms with van der Waals surface area (Å²) in [6.07, 6.45) is 4.71. The maximum Gasteiger partial charge on any atom is 0.257 e. The van der Waals surface area contributed by atoms with Gasteiger partial charge in [-0.3, -0.25) is 19.5 Å². The molecule has 0 N–H and O–H groups in total. The van der Waals surface area contributed by atoms with Crippen LogP contribution >= 0.6 is 11.6 Å². The van der Waals surface area contributed by atoms with Gasteiger partial charge in [0.1, 0.15) is 6.04 Å². The molecule has 3 heterocycles. The first-order chi connectivity index (χ1) is 13.4. The first-order valence-electron chi connectivity index (χ1n) is 9.51. The van der Waals surface area contributed by atoms with Crippen LogP contribution < -0.4 is 10.5 Å². The molecule has 5 nitrogen and oxygen atoms in total. The van der Waals surface area contributed by atoms with Gasteiger partial charge in [-0.05, 0) is 49.4 Å². The normalized spacial score (nSPS) is 21.4. The summed E-state index contributed by atoms with van der Waals surface area (Å²) in [5.41, 5.74) is 5.00. The van der Waals surface area contributed by atoms with Crippen LogP contribution in [0.3, 0.4) is 0 Å². The standard InChI is InChI=1S/C22H20ClN3O2/c1-12-9-16(11-25(2)21(12)27)26-20(14-5-7-15(23)8-6-14)19-17(22(26)28)10-18(24-19)13-3-4-13/h5-9,11,13,20H,3-4,10H2,1-2H3/t20-/m1/s1. The minimum absolute atomic E-state index is 0.0209. The van der Waals surface area contributed by atoms with Crippen LogP contribution in [-0.2, 0) is 11.8 Å². The quantitative estimate of drug-likeness (QED) is 0.793. The van der Waals surface area contributed by atoms with Gasteiger partial charge >= 0.3 is 0 Å². The molecule has 0 bridgehead atoms. The molecule has 0 spiro atoms. The highest BCUT2D eigenvalue weighted by atomic mass is 35.5. The molecule has 1 aliphatic carbocycles. The molecule has 2 aromatic rings. The van der Waals surface area contributed by atoms with Crippen LogP contribution in [0.5, 0.6) is 0 Å². The molecule has 1 saturated carbocycles. The summed E-state index contributed by atoms with van der Waals surface area (Å²) in [7, 11) is 1.71. The Morgan fingerprint density at radius 1 is 1.14 bits per heavy atom. The molecule has 142 valence electrons. The first-order valence-corrected chi connectivity index (χ1v) is 9.88. The predicted octanol–water partition coefficient (Wildman–Crippen LogP) is 3.94. The summed E-state index contributed by atoms with van der Waals surface area (Å²) in [6, 6.07) is 9.06. The minimum Gasteiger partial charge on any atom is -0.316 e. The van der Waals surface area contributed by atoms with Crippen LogP contribution in [0.25, 0.3) is 0 Å². The van der Waals surface area contributed by atoms with Crippen molar-refractivity contribution in [1.29, 1.82) is 0 Å². The van der Waals surface area contributed by atoms with Gasteiger partial charge in [-0.25, -0.2) is 0 Å². The van der Waals surface area contributed by atoms with Gasteiger partial charge in [-0.1, -0.05) is 23.7 Å². The lowest BCUT2D eigenvalue weighted by molar-refractivity contribution is -0.114. The van der Waals surface area contributed by atoms with Crippen LogP contribution in [0.2, 0.25) is 5.02 Å². The van der Waals surface area contributed by atoms with E-state index in [4.69, 9.17) is 16.6 Å². The van der Waals surface area contributed by atoms with Crippen molar-refractivity contribution in [3.8, 4) is 0 Å². The van der Waals surface area contributed by atoms with E-state index in [-0.39, 0.29) is 17.5 Å². The number of aliphatic imine (C=N–C) groups is 1. The van der Waals surface area contributed by atoms with Crippen LogP contribution in [0.1, 0.15) is 36.4 Å². The SMILES string of the molecule is Cc1cc(N2C(=O)C3=C(N=C(C4CC4)C3)[C@H]2c2ccc(Cl)cc2)cn(C)c1=O. The molecular weight excluding hydrogens is 374 g/mol. The summed E-state index contributed by atoms with van der Waals surface area (Å²) in [5, 5.41) is 0.653. The fourth-order valence-corrected chi connectivity index (χ4v) is 4.31. The van der Waals surface area contributed by atoms with Gasteiger partial charge in [-0.15, -0.1) is 0 Å². The smallest absolute Gasteiger partial charge is 0.257 e. The van der Waals surface area contributed by atoms with Crippen molar-refractivity contribution in [3.05, 3.63) is 74.3 Å². The van der Waals surface area contributed by atoms with Crippen LogP contribution in [0, 0.1) is 12.8 Å². The maximum absolute atomic E-state index is 13.4. The Kier molecular flexibility index (Phi) is 3.85. The van der Waals surface area contributed by atoms with E-state index in [1.54, 1.807) is 31.1 Å². The molecule has 0 radical (unpaired) electrons. The van der Waals surface area contributed by atoms with E-state index in [1.165, 1.54) is 17.4 Å². The van der Waals surface area contributed by atoms with Crippen molar-refractivity contribution >= 4 is 28.9 Å². The van der Waals surface area contributed by atoms with Crippen molar-refractivity contribution in [2.45, 2.75) is 32.2 Å². The molecule has 1 aromatic heterocycles. The third kappa shape index (κ3) is 2.65. The van der Waals surface area contributed by atoms with Gasteiger partial charge in [0.25, 0.3) is 11.5 Å². The van der Waals surface area contributed by atoms with E-state index in [2.05, 4.69) is 0 Å². The van der Waals surface area contributed by atoms with Gasteiger partial charge in [0.2, 0.25) is 0 Å². The topological polar surface area (TPSA) is 54.7 Å². The van der Waals surface area contributed by atoms with E-state index in [0.29, 0.717) is 28.6 Å². The summed E-state index contributed by atoms with van der Waals surface area (Å²) >= 11 is 6.09. The number of pyridine rings is 1. The number of anilines is 1. The number of halogens is 1. The fraction of sp³-hybridized carbons (Fsp3) is 0.318. The zero-order chi connectivity index (χ0) is 19.6. The predicted molar refractivity (Wildman–Crippen MR) is 110 cm³/mol. The Morgan fingerprint density at radius 3 is 2.50 bits per heavy atom. The number of carbonyl (C=O) groups excluding carboxylic acids is 1. The molecule has 2 aliphatic heterocycles. The molecule has 1 aromatic carbocycles. The summed E-state index contributed by atoms with van der Waals surface area (Å²) in [6.45, 7) is 1.77. The Balaban J connectivity index is 1.65. The van der Waals surface area contributed by atoms with Crippen molar-refractivity contribution in [2.75, 3.05) is 4.90 Å². The molecule has 5 rings (SSSR count). The lowest BCUT2D eigenvalue weighted by Gasteiger charge is -2.28. The molecular formula is C22H20ClN3O2. The molecule has 0 unspecified atom stereocenters. The molecule has 1 fully saturated rings. The number of amides is 1. The van der Waals surface area contributed by atoms with Crippen molar-refractivity contribution in [2.24, 2.45) is 18.0 Å². The Morgan fingerprint density at radius 2 is 1.86 bits per heavy atom. The highest BCUT2D eigenvalue weighted by Crippen LogP contribution is 2.48. The number of hydrogen-bond donors (Lipinski definition) is 0. The van der Waals surface area contributed by atoms with E-state index in [1.807, 2.05) is 24.3 Å². The fourth-order valence-electron chi connectivity index (χ4n) is 4.19. The largest absolute Gasteiger partial charge is 0.316 e. The van der Waals surface area contributed by atoms with E-state index in [0.717, 1.165) is 22.5 Å². The maximum atomic E-state index is 13.4. The zero-order valence-corrected chi connectivity index (χ0v) is 16.5.